The predicted molar refractivity (Wildman–Crippen MR) is 77.1 cm³/mol. The van der Waals surface area contributed by atoms with E-state index in [4.69, 9.17) is 0 Å². The van der Waals surface area contributed by atoms with Crippen LogP contribution in [0.2, 0.25) is 0 Å². The third kappa shape index (κ3) is 1.93. The van der Waals surface area contributed by atoms with E-state index in [0.717, 1.165) is 24.0 Å². The molecule has 0 bridgehead atoms. The number of aryl methyl sites for hydroxylation is 1. The lowest BCUT2D eigenvalue weighted by Gasteiger charge is -2.09. The van der Waals surface area contributed by atoms with E-state index in [1.807, 2.05) is 28.8 Å². The zero-order valence-corrected chi connectivity index (χ0v) is 11.2. The van der Waals surface area contributed by atoms with Gasteiger partial charge in [-0.25, -0.2) is 9.37 Å². The van der Waals surface area contributed by atoms with E-state index < -0.39 is 5.82 Å². The minimum Gasteiger partial charge on any atom is -0.507 e. The van der Waals surface area contributed by atoms with E-state index in [1.165, 1.54) is 18.2 Å². The predicted octanol–water partition coefficient (Wildman–Crippen LogP) is 3.96. The van der Waals surface area contributed by atoms with E-state index in [9.17, 15) is 9.50 Å². The van der Waals surface area contributed by atoms with Crippen molar-refractivity contribution >= 4 is 11.0 Å². The van der Waals surface area contributed by atoms with E-state index in [2.05, 4.69) is 11.9 Å². The van der Waals surface area contributed by atoms with Gasteiger partial charge in [-0.3, -0.25) is 0 Å². The van der Waals surface area contributed by atoms with Gasteiger partial charge >= 0.3 is 0 Å². The molecule has 0 fully saturated rings. The summed E-state index contributed by atoms with van der Waals surface area (Å²) < 4.78 is 16.0. The number of para-hydroxylation sites is 2. The molecule has 3 nitrogen and oxygen atoms in total. The van der Waals surface area contributed by atoms with Gasteiger partial charge in [-0.1, -0.05) is 25.1 Å². The van der Waals surface area contributed by atoms with Crippen LogP contribution in [0.5, 0.6) is 5.75 Å². The summed E-state index contributed by atoms with van der Waals surface area (Å²) in [7, 11) is 0. The van der Waals surface area contributed by atoms with Gasteiger partial charge < -0.3 is 9.67 Å². The molecule has 0 spiro atoms. The van der Waals surface area contributed by atoms with Crippen LogP contribution in [0.3, 0.4) is 0 Å². The average molecular weight is 270 g/mol. The molecule has 20 heavy (non-hydrogen) atoms. The number of nitrogens with zero attached hydrogens (tertiary/aromatic N) is 2. The molecular weight excluding hydrogens is 255 g/mol. The summed E-state index contributed by atoms with van der Waals surface area (Å²) in [6.45, 7) is 2.78. The Bertz CT molecular complexity index is 744. The highest BCUT2D eigenvalue weighted by Gasteiger charge is 2.18. The lowest BCUT2D eigenvalue weighted by Crippen LogP contribution is -2.01. The van der Waals surface area contributed by atoms with Gasteiger partial charge in [0.05, 0.1) is 16.6 Å². The second kappa shape index (κ2) is 4.96. The van der Waals surface area contributed by atoms with Crippen LogP contribution in [0.15, 0.2) is 42.5 Å². The van der Waals surface area contributed by atoms with Crippen molar-refractivity contribution in [2.75, 3.05) is 0 Å². The van der Waals surface area contributed by atoms with Gasteiger partial charge in [-0.15, -0.1) is 0 Å². The number of hydrogen-bond donors (Lipinski definition) is 1. The normalized spacial score (nSPS) is 11.1. The second-order valence-electron chi connectivity index (χ2n) is 4.71. The molecule has 0 aliphatic carbocycles. The van der Waals surface area contributed by atoms with E-state index in [1.54, 1.807) is 0 Å². The Hall–Kier alpha value is -2.36. The van der Waals surface area contributed by atoms with Gasteiger partial charge in [0.25, 0.3) is 0 Å². The quantitative estimate of drug-likeness (QED) is 0.782. The maximum Gasteiger partial charge on any atom is 0.147 e. The standard InChI is InChI=1S/C16H15FN2O/c1-2-10-19-13-8-4-3-7-12(13)18-16(19)15-11(17)6-5-9-14(15)20/h3-9,20H,2,10H2,1H3. The fourth-order valence-electron chi connectivity index (χ4n) is 2.45. The van der Waals surface area contributed by atoms with Gasteiger partial charge in [0.15, 0.2) is 0 Å². The number of aromatic hydroxyl groups is 1. The molecule has 2 aromatic carbocycles. The summed E-state index contributed by atoms with van der Waals surface area (Å²) >= 11 is 0. The topological polar surface area (TPSA) is 38.0 Å². The third-order valence-corrected chi connectivity index (χ3v) is 3.32. The molecule has 1 heterocycles. The molecule has 3 rings (SSSR count). The Morgan fingerprint density at radius 1 is 1.15 bits per heavy atom. The number of rotatable bonds is 3. The zero-order chi connectivity index (χ0) is 14.1. The molecule has 0 aliphatic rings. The van der Waals surface area contributed by atoms with Crippen LogP contribution in [0.4, 0.5) is 4.39 Å². The number of phenolic OH excluding ortho intramolecular Hbond substituents is 1. The first-order valence-corrected chi connectivity index (χ1v) is 6.65. The number of benzene rings is 2. The molecule has 0 unspecified atom stereocenters. The maximum absolute atomic E-state index is 14.1. The second-order valence-corrected chi connectivity index (χ2v) is 4.71. The van der Waals surface area contributed by atoms with E-state index >= 15 is 0 Å². The summed E-state index contributed by atoms with van der Waals surface area (Å²) in [5.74, 6) is -0.0704. The minimum absolute atomic E-state index is 0.0855. The fraction of sp³-hybridized carbons (Fsp3) is 0.188. The lowest BCUT2D eigenvalue weighted by molar-refractivity contribution is 0.470. The maximum atomic E-state index is 14.1. The third-order valence-electron chi connectivity index (χ3n) is 3.32. The molecular formula is C16H15FN2O. The summed E-state index contributed by atoms with van der Waals surface area (Å²) in [5.41, 5.74) is 1.92. The first kappa shape index (κ1) is 12.7. The van der Waals surface area contributed by atoms with Gasteiger partial charge in [0.1, 0.15) is 17.4 Å². The first-order chi connectivity index (χ1) is 9.72. The molecule has 0 atom stereocenters. The number of hydrogen-bond acceptors (Lipinski definition) is 2. The van der Waals surface area contributed by atoms with Crippen molar-refractivity contribution < 1.29 is 9.50 Å². The van der Waals surface area contributed by atoms with Crippen LogP contribution < -0.4 is 0 Å². The first-order valence-electron chi connectivity index (χ1n) is 6.65. The number of aromatic nitrogens is 2. The molecule has 1 aromatic heterocycles. The van der Waals surface area contributed by atoms with E-state index in [0.29, 0.717) is 5.82 Å². The molecule has 3 aromatic rings. The van der Waals surface area contributed by atoms with Crippen molar-refractivity contribution in [3.8, 4) is 17.1 Å². The molecule has 102 valence electrons. The number of fused-ring (bicyclic) bond motifs is 1. The Kier molecular flexibility index (Phi) is 3.14. The molecule has 0 radical (unpaired) electrons. The van der Waals surface area contributed by atoms with Gasteiger partial charge in [0.2, 0.25) is 0 Å². The zero-order valence-electron chi connectivity index (χ0n) is 11.2. The Balaban J connectivity index is 2.33. The van der Waals surface area contributed by atoms with Crippen molar-refractivity contribution in [2.24, 2.45) is 0 Å². The van der Waals surface area contributed by atoms with Gasteiger partial charge in [0, 0.05) is 6.54 Å². The monoisotopic (exact) mass is 270 g/mol. The van der Waals surface area contributed by atoms with Crippen molar-refractivity contribution in [2.45, 2.75) is 19.9 Å². The smallest absolute Gasteiger partial charge is 0.147 e. The molecule has 0 saturated heterocycles. The largest absolute Gasteiger partial charge is 0.507 e. The Labute approximate surface area is 116 Å². The number of halogens is 1. The van der Waals surface area contributed by atoms with Crippen molar-refractivity contribution in [3.05, 3.63) is 48.3 Å². The molecule has 1 N–H and O–H groups in total. The van der Waals surface area contributed by atoms with Crippen molar-refractivity contribution in [3.63, 3.8) is 0 Å². The lowest BCUT2D eigenvalue weighted by atomic mass is 10.1. The van der Waals surface area contributed by atoms with Crippen LogP contribution in [-0.2, 0) is 6.54 Å². The van der Waals surface area contributed by atoms with Crippen LogP contribution in [0.1, 0.15) is 13.3 Å². The van der Waals surface area contributed by atoms with Crippen LogP contribution in [0, 0.1) is 5.82 Å². The SMILES string of the molecule is CCCn1c(-c2c(O)cccc2F)nc2ccccc21. The van der Waals surface area contributed by atoms with E-state index in [-0.39, 0.29) is 11.3 Å². The highest BCUT2D eigenvalue weighted by atomic mass is 19.1. The fourth-order valence-corrected chi connectivity index (χ4v) is 2.45. The van der Waals surface area contributed by atoms with Crippen LogP contribution in [0.25, 0.3) is 22.4 Å². The molecule has 4 heteroatoms. The summed E-state index contributed by atoms with van der Waals surface area (Å²) in [4.78, 5) is 4.49. The van der Waals surface area contributed by atoms with Crippen molar-refractivity contribution in [1.29, 1.82) is 0 Å². The molecule has 0 aliphatic heterocycles. The summed E-state index contributed by atoms with van der Waals surface area (Å²) in [6, 6.07) is 12.0. The number of imidazole rings is 1. The van der Waals surface area contributed by atoms with Crippen LogP contribution in [-0.4, -0.2) is 14.7 Å². The van der Waals surface area contributed by atoms with Gasteiger partial charge in [-0.05, 0) is 30.7 Å². The Morgan fingerprint density at radius 3 is 2.70 bits per heavy atom. The molecule has 0 saturated carbocycles. The highest BCUT2D eigenvalue weighted by Crippen LogP contribution is 2.33. The van der Waals surface area contributed by atoms with Gasteiger partial charge in [-0.2, -0.15) is 0 Å². The number of phenols is 1. The summed E-state index contributed by atoms with van der Waals surface area (Å²) in [6.07, 6.45) is 0.905. The van der Waals surface area contributed by atoms with Crippen molar-refractivity contribution in [1.82, 2.24) is 9.55 Å². The van der Waals surface area contributed by atoms with Crippen LogP contribution >= 0.6 is 0 Å². The summed E-state index contributed by atoms with van der Waals surface area (Å²) in [5, 5.41) is 9.97. The Morgan fingerprint density at radius 2 is 1.95 bits per heavy atom. The highest BCUT2D eigenvalue weighted by molar-refractivity contribution is 5.82. The molecule has 0 amide bonds. The minimum atomic E-state index is -0.461. The average Bonchev–Trinajstić information content (AvgIpc) is 2.78.